The van der Waals surface area contributed by atoms with Crippen molar-refractivity contribution in [3.63, 3.8) is 0 Å². The number of piperidine rings is 2. The summed E-state index contributed by atoms with van der Waals surface area (Å²) in [6, 6.07) is 9.23. The zero-order valence-corrected chi connectivity index (χ0v) is 18.7. The Hall–Kier alpha value is -0.950. The summed E-state index contributed by atoms with van der Waals surface area (Å²) in [5, 5.41) is 0. The normalized spacial score (nSPS) is 29.0. The molecule has 5 nitrogen and oxygen atoms in total. The summed E-state index contributed by atoms with van der Waals surface area (Å²) < 4.78 is 34.2. The number of benzene rings is 1. The van der Waals surface area contributed by atoms with Gasteiger partial charge in [-0.2, -0.15) is 4.31 Å². The van der Waals surface area contributed by atoms with Crippen molar-refractivity contribution in [1.29, 1.82) is 0 Å². The average molecular weight is 421 g/mol. The molecule has 1 aromatic carbocycles. The molecule has 3 heterocycles. The molecule has 0 spiro atoms. The van der Waals surface area contributed by atoms with Crippen molar-refractivity contribution >= 4 is 10.0 Å². The van der Waals surface area contributed by atoms with Gasteiger partial charge in [0.05, 0.1) is 11.9 Å². The lowest BCUT2D eigenvalue weighted by Gasteiger charge is -2.51. The molecule has 0 bridgehead atoms. The van der Waals surface area contributed by atoms with Crippen molar-refractivity contribution in [2.45, 2.75) is 70.1 Å². The quantitative estimate of drug-likeness (QED) is 0.676. The molecule has 0 amide bonds. The van der Waals surface area contributed by atoms with Crippen LogP contribution in [0.1, 0.15) is 62.6 Å². The Labute approximate surface area is 176 Å². The molecule has 4 unspecified atom stereocenters. The second kappa shape index (κ2) is 9.04. The molecule has 29 heavy (non-hydrogen) atoms. The van der Waals surface area contributed by atoms with Gasteiger partial charge < -0.3 is 4.74 Å². The van der Waals surface area contributed by atoms with Gasteiger partial charge in [-0.15, -0.1) is 0 Å². The number of hydrogen-bond donors (Lipinski definition) is 0. The summed E-state index contributed by atoms with van der Waals surface area (Å²) in [4.78, 5) is 2.61. The van der Waals surface area contributed by atoms with Crippen LogP contribution in [-0.2, 0) is 21.2 Å². The fraction of sp³-hybridized carbons (Fsp3) is 0.739. The predicted molar refractivity (Wildman–Crippen MR) is 116 cm³/mol. The number of unbranched alkanes of at least 4 members (excludes halogenated alkanes) is 1. The minimum absolute atomic E-state index is 0.123. The van der Waals surface area contributed by atoms with Crippen molar-refractivity contribution in [3.8, 4) is 0 Å². The van der Waals surface area contributed by atoms with Gasteiger partial charge in [-0.25, -0.2) is 8.42 Å². The van der Waals surface area contributed by atoms with E-state index < -0.39 is 10.0 Å². The molecule has 0 aliphatic carbocycles. The summed E-state index contributed by atoms with van der Waals surface area (Å²) in [5.41, 5.74) is 2.86. The molecule has 0 N–H and O–H groups in total. The van der Waals surface area contributed by atoms with E-state index in [4.69, 9.17) is 4.74 Å². The molecular formula is C23H36N2O3S. The topological polar surface area (TPSA) is 49.9 Å². The van der Waals surface area contributed by atoms with Crippen molar-refractivity contribution in [3.05, 3.63) is 35.4 Å². The number of nitrogens with zero attached hydrogens (tertiary/aromatic N) is 2. The maximum atomic E-state index is 13.4. The van der Waals surface area contributed by atoms with Crippen molar-refractivity contribution < 1.29 is 13.2 Å². The molecule has 0 saturated carbocycles. The summed E-state index contributed by atoms with van der Waals surface area (Å²) in [5.74, 6) is 0.578. The highest BCUT2D eigenvalue weighted by Crippen LogP contribution is 2.43. The predicted octanol–water partition coefficient (Wildman–Crippen LogP) is 3.61. The van der Waals surface area contributed by atoms with Crippen molar-refractivity contribution in [2.75, 3.05) is 32.5 Å². The number of sulfonamides is 1. The molecular weight excluding hydrogens is 384 g/mol. The highest BCUT2D eigenvalue weighted by Gasteiger charge is 2.46. The Balaban J connectivity index is 1.54. The summed E-state index contributed by atoms with van der Waals surface area (Å²) in [6.07, 6.45) is 6.84. The van der Waals surface area contributed by atoms with Gasteiger partial charge in [-0.1, -0.05) is 44.0 Å². The number of ether oxygens (including phenoxy) is 1. The summed E-state index contributed by atoms with van der Waals surface area (Å²) in [6.45, 7) is 4.92. The standard InChI is InChI=1S/C23H36N2O3S/c1-3-4-10-20(28-2)17-29(26,27)25-13-7-9-19-16-24-14-12-18-8-5-6-11-21(18)23(24)15-22(19)25/h5-6,8,11,19-20,22-23H,3-4,7,9-10,12-17H2,1-2H3. The molecule has 3 aliphatic heterocycles. The second-order valence-corrected chi connectivity index (χ2v) is 11.0. The van der Waals surface area contributed by atoms with E-state index in [9.17, 15) is 8.42 Å². The van der Waals surface area contributed by atoms with Crippen molar-refractivity contribution in [2.24, 2.45) is 5.92 Å². The molecule has 6 heteroatoms. The molecule has 4 atom stereocenters. The van der Waals surface area contributed by atoms with Crippen LogP contribution in [0.25, 0.3) is 0 Å². The van der Waals surface area contributed by atoms with E-state index in [2.05, 4.69) is 36.1 Å². The first-order chi connectivity index (χ1) is 14.0. The number of rotatable bonds is 7. The van der Waals surface area contributed by atoms with Gasteiger partial charge in [0.2, 0.25) is 10.0 Å². The Morgan fingerprint density at radius 2 is 2.07 bits per heavy atom. The lowest BCUT2D eigenvalue weighted by atomic mass is 9.77. The Bertz CT molecular complexity index is 797. The van der Waals surface area contributed by atoms with E-state index in [1.807, 2.05) is 4.31 Å². The largest absolute Gasteiger partial charge is 0.380 e. The molecule has 0 radical (unpaired) electrons. The van der Waals surface area contributed by atoms with Crippen LogP contribution in [0.15, 0.2) is 24.3 Å². The Kier molecular flexibility index (Phi) is 6.64. The van der Waals surface area contributed by atoms with E-state index in [1.165, 1.54) is 11.1 Å². The van der Waals surface area contributed by atoms with Gasteiger partial charge in [-0.3, -0.25) is 4.90 Å². The molecule has 2 fully saturated rings. The fourth-order valence-electron chi connectivity index (χ4n) is 5.73. The monoisotopic (exact) mass is 420 g/mol. The van der Waals surface area contributed by atoms with Crippen LogP contribution >= 0.6 is 0 Å². The van der Waals surface area contributed by atoms with E-state index in [-0.39, 0.29) is 17.9 Å². The smallest absolute Gasteiger partial charge is 0.216 e. The van der Waals surface area contributed by atoms with Gasteiger partial charge in [0, 0.05) is 38.8 Å². The van der Waals surface area contributed by atoms with Gasteiger partial charge in [0.15, 0.2) is 0 Å². The van der Waals surface area contributed by atoms with Gasteiger partial charge >= 0.3 is 0 Å². The highest BCUT2D eigenvalue weighted by atomic mass is 32.2. The zero-order chi connectivity index (χ0) is 20.4. The molecule has 4 rings (SSSR count). The van der Waals surface area contributed by atoms with E-state index in [1.54, 1.807) is 7.11 Å². The fourth-order valence-corrected chi connectivity index (χ4v) is 7.77. The number of methoxy groups -OCH3 is 1. The first-order valence-electron chi connectivity index (χ1n) is 11.4. The van der Waals surface area contributed by atoms with Crippen LogP contribution in [0.4, 0.5) is 0 Å². The van der Waals surface area contributed by atoms with Gasteiger partial charge in [-0.05, 0) is 49.1 Å². The van der Waals surface area contributed by atoms with Gasteiger partial charge in [0.1, 0.15) is 0 Å². The van der Waals surface area contributed by atoms with Gasteiger partial charge in [0.25, 0.3) is 0 Å². The third-order valence-electron chi connectivity index (χ3n) is 7.29. The van der Waals surface area contributed by atoms with Crippen LogP contribution in [0.3, 0.4) is 0 Å². The maximum absolute atomic E-state index is 13.4. The third-order valence-corrected chi connectivity index (χ3v) is 9.25. The van der Waals surface area contributed by atoms with Crippen LogP contribution in [-0.4, -0.2) is 62.3 Å². The minimum Gasteiger partial charge on any atom is -0.380 e. The highest BCUT2D eigenvalue weighted by molar-refractivity contribution is 7.89. The summed E-state index contributed by atoms with van der Waals surface area (Å²) >= 11 is 0. The SMILES string of the molecule is CCCCC(CS(=O)(=O)N1CCCC2CN3CCc4ccccc4C3CC21)OC. The van der Waals surface area contributed by atoms with Crippen LogP contribution in [0, 0.1) is 5.92 Å². The average Bonchev–Trinajstić information content (AvgIpc) is 2.74. The van der Waals surface area contributed by atoms with Crippen molar-refractivity contribution in [1.82, 2.24) is 9.21 Å². The Morgan fingerprint density at radius 3 is 2.86 bits per heavy atom. The number of hydrogen-bond acceptors (Lipinski definition) is 4. The van der Waals surface area contributed by atoms with E-state index >= 15 is 0 Å². The second-order valence-electron chi connectivity index (χ2n) is 9.05. The van der Waals surface area contributed by atoms with Crippen LogP contribution < -0.4 is 0 Å². The first-order valence-corrected chi connectivity index (χ1v) is 13.0. The lowest BCUT2D eigenvalue weighted by Crippen LogP contribution is -2.58. The Morgan fingerprint density at radius 1 is 1.24 bits per heavy atom. The van der Waals surface area contributed by atoms with E-state index in [0.29, 0.717) is 18.5 Å². The number of fused-ring (bicyclic) bond motifs is 4. The molecule has 0 aromatic heterocycles. The minimum atomic E-state index is -3.32. The maximum Gasteiger partial charge on any atom is 0.216 e. The lowest BCUT2D eigenvalue weighted by molar-refractivity contribution is 0.0212. The van der Waals surface area contributed by atoms with Crippen LogP contribution in [0.5, 0.6) is 0 Å². The van der Waals surface area contributed by atoms with Crippen LogP contribution in [0.2, 0.25) is 0 Å². The third kappa shape index (κ3) is 4.41. The van der Waals surface area contributed by atoms with E-state index in [0.717, 1.165) is 58.0 Å². The first kappa shape index (κ1) is 21.3. The zero-order valence-electron chi connectivity index (χ0n) is 17.9. The molecule has 1 aromatic rings. The molecule has 3 aliphatic rings. The summed E-state index contributed by atoms with van der Waals surface area (Å²) in [7, 11) is -1.68. The molecule has 162 valence electrons. The molecule has 2 saturated heterocycles.